The topological polar surface area (TPSA) is 52.6 Å². The van der Waals surface area contributed by atoms with Crippen LogP contribution in [0.25, 0.3) is 0 Å². The van der Waals surface area contributed by atoms with E-state index in [1.165, 1.54) is 6.42 Å². The Balaban J connectivity index is 1.54. The second kappa shape index (κ2) is 6.07. The van der Waals surface area contributed by atoms with Crippen LogP contribution in [0, 0.1) is 0 Å². The van der Waals surface area contributed by atoms with E-state index < -0.39 is 0 Å². The fourth-order valence-electron chi connectivity index (χ4n) is 2.84. The van der Waals surface area contributed by atoms with Gasteiger partial charge in [-0.2, -0.15) is 0 Å². The summed E-state index contributed by atoms with van der Waals surface area (Å²) < 4.78 is 0. The molecule has 0 N–H and O–H groups in total. The third-order valence-electron chi connectivity index (χ3n) is 4.01. The molecule has 3 heterocycles. The van der Waals surface area contributed by atoms with Crippen LogP contribution < -0.4 is 4.90 Å². The van der Waals surface area contributed by atoms with Crippen LogP contribution in [0.3, 0.4) is 0 Å². The average molecular weight is 275 g/mol. The van der Waals surface area contributed by atoms with Gasteiger partial charge in [0.25, 0.3) is 0 Å². The van der Waals surface area contributed by atoms with Gasteiger partial charge < -0.3 is 14.7 Å². The molecule has 2 aliphatic heterocycles. The number of likely N-dealkylation sites (tertiary alicyclic amines) is 1. The van der Waals surface area contributed by atoms with Crippen molar-refractivity contribution >= 4 is 12.0 Å². The zero-order valence-corrected chi connectivity index (χ0v) is 11.7. The minimum atomic E-state index is 0.207. The fourth-order valence-corrected chi connectivity index (χ4v) is 2.84. The van der Waals surface area contributed by atoms with Crippen LogP contribution in [-0.4, -0.2) is 65.1 Å². The van der Waals surface area contributed by atoms with Gasteiger partial charge in [-0.05, 0) is 25.3 Å². The van der Waals surface area contributed by atoms with E-state index >= 15 is 0 Å². The van der Waals surface area contributed by atoms with Gasteiger partial charge in [0.1, 0.15) is 0 Å². The molecule has 0 aliphatic carbocycles. The first-order valence-corrected chi connectivity index (χ1v) is 7.40. The molecule has 2 amide bonds. The molecule has 2 fully saturated rings. The third kappa shape index (κ3) is 2.84. The fraction of sp³-hybridized carbons (Fsp3) is 0.643. The summed E-state index contributed by atoms with van der Waals surface area (Å²) in [6.07, 6.45) is 7.05. The molecular weight excluding hydrogens is 254 g/mol. The van der Waals surface area contributed by atoms with Crippen molar-refractivity contribution in [1.29, 1.82) is 0 Å². The lowest BCUT2D eigenvalue weighted by molar-refractivity contribution is 0.141. The number of hydrogen-bond donors (Lipinski definition) is 0. The zero-order valence-electron chi connectivity index (χ0n) is 11.7. The largest absolute Gasteiger partial charge is 0.337 e. The Morgan fingerprint density at radius 1 is 0.850 bits per heavy atom. The monoisotopic (exact) mass is 275 g/mol. The normalized spacial score (nSPS) is 20.1. The molecule has 2 saturated heterocycles. The molecule has 0 saturated carbocycles. The van der Waals surface area contributed by atoms with Crippen LogP contribution in [0.4, 0.5) is 10.7 Å². The van der Waals surface area contributed by atoms with Gasteiger partial charge in [0.05, 0.1) is 0 Å². The summed E-state index contributed by atoms with van der Waals surface area (Å²) in [5.41, 5.74) is 0. The van der Waals surface area contributed by atoms with Crippen molar-refractivity contribution in [3.8, 4) is 0 Å². The molecule has 0 atom stereocenters. The highest BCUT2D eigenvalue weighted by molar-refractivity contribution is 5.74. The second-order valence-electron chi connectivity index (χ2n) is 5.35. The van der Waals surface area contributed by atoms with Gasteiger partial charge in [-0.3, -0.25) is 0 Å². The van der Waals surface area contributed by atoms with Gasteiger partial charge in [-0.1, -0.05) is 0 Å². The van der Waals surface area contributed by atoms with Gasteiger partial charge in [-0.15, -0.1) is 0 Å². The predicted molar refractivity (Wildman–Crippen MR) is 76.6 cm³/mol. The number of rotatable bonds is 1. The Kier molecular flexibility index (Phi) is 3.99. The Morgan fingerprint density at radius 3 is 2.10 bits per heavy atom. The molecule has 3 rings (SSSR count). The molecule has 20 heavy (non-hydrogen) atoms. The number of carbonyl (C=O) groups is 1. The van der Waals surface area contributed by atoms with Crippen molar-refractivity contribution in [2.24, 2.45) is 0 Å². The SMILES string of the molecule is O=C(N1CCCCC1)N1CCN(c2ncccn2)CC1. The summed E-state index contributed by atoms with van der Waals surface area (Å²) in [5.74, 6) is 0.762. The van der Waals surface area contributed by atoms with Gasteiger partial charge in [0.2, 0.25) is 5.95 Å². The molecule has 6 heteroatoms. The van der Waals surface area contributed by atoms with Crippen molar-refractivity contribution in [2.75, 3.05) is 44.2 Å². The van der Waals surface area contributed by atoms with Crippen molar-refractivity contribution < 1.29 is 4.79 Å². The van der Waals surface area contributed by atoms with Crippen molar-refractivity contribution in [3.05, 3.63) is 18.5 Å². The van der Waals surface area contributed by atoms with Crippen molar-refractivity contribution in [3.63, 3.8) is 0 Å². The number of hydrogen-bond acceptors (Lipinski definition) is 4. The van der Waals surface area contributed by atoms with E-state index in [1.807, 2.05) is 15.9 Å². The lowest BCUT2D eigenvalue weighted by Gasteiger charge is -2.38. The van der Waals surface area contributed by atoms with Gasteiger partial charge in [0, 0.05) is 51.7 Å². The summed E-state index contributed by atoms with van der Waals surface area (Å²) >= 11 is 0. The van der Waals surface area contributed by atoms with E-state index in [4.69, 9.17) is 0 Å². The number of nitrogens with zero attached hydrogens (tertiary/aromatic N) is 5. The highest BCUT2D eigenvalue weighted by atomic mass is 16.2. The molecule has 2 aliphatic rings. The first kappa shape index (κ1) is 13.1. The minimum Gasteiger partial charge on any atom is -0.337 e. The molecule has 0 bridgehead atoms. The average Bonchev–Trinajstić information content (AvgIpc) is 2.56. The summed E-state index contributed by atoms with van der Waals surface area (Å²) in [7, 11) is 0. The highest BCUT2D eigenvalue weighted by Crippen LogP contribution is 2.14. The van der Waals surface area contributed by atoms with Crippen LogP contribution >= 0.6 is 0 Å². The van der Waals surface area contributed by atoms with Crippen molar-refractivity contribution in [1.82, 2.24) is 19.8 Å². The van der Waals surface area contributed by atoms with Gasteiger partial charge in [-0.25, -0.2) is 14.8 Å². The number of aromatic nitrogens is 2. The maximum atomic E-state index is 12.4. The quantitative estimate of drug-likeness (QED) is 0.773. The lowest BCUT2D eigenvalue weighted by atomic mass is 10.1. The maximum Gasteiger partial charge on any atom is 0.320 e. The number of urea groups is 1. The number of amides is 2. The molecule has 0 aromatic carbocycles. The molecular formula is C14H21N5O. The number of piperidine rings is 1. The Hall–Kier alpha value is -1.85. The summed E-state index contributed by atoms with van der Waals surface area (Å²) in [5, 5.41) is 0. The van der Waals surface area contributed by atoms with Crippen molar-refractivity contribution in [2.45, 2.75) is 19.3 Å². The molecule has 0 unspecified atom stereocenters. The first-order chi connectivity index (χ1) is 9.84. The van der Waals surface area contributed by atoms with E-state index in [9.17, 15) is 4.79 Å². The van der Waals surface area contributed by atoms with Crippen LogP contribution in [0.15, 0.2) is 18.5 Å². The number of anilines is 1. The Morgan fingerprint density at radius 2 is 1.45 bits per heavy atom. The highest BCUT2D eigenvalue weighted by Gasteiger charge is 2.26. The standard InChI is InChI=1S/C14H21N5O/c20-14(18-7-2-1-3-8-18)19-11-9-17(10-12-19)13-15-5-4-6-16-13/h4-6H,1-3,7-12H2. The van der Waals surface area contributed by atoms with E-state index in [2.05, 4.69) is 14.9 Å². The maximum absolute atomic E-state index is 12.4. The molecule has 0 radical (unpaired) electrons. The lowest BCUT2D eigenvalue weighted by Crippen LogP contribution is -2.54. The molecule has 6 nitrogen and oxygen atoms in total. The zero-order chi connectivity index (χ0) is 13.8. The second-order valence-corrected chi connectivity index (χ2v) is 5.35. The molecule has 0 spiro atoms. The minimum absolute atomic E-state index is 0.207. The van der Waals surface area contributed by atoms with E-state index in [1.54, 1.807) is 12.4 Å². The van der Waals surface area contributed by atoms with Crippen LogP contribution in [-0.2, 0) is 0 Å². The van der Waals surface area contributed by atoms with Crippen LogP contribution in [0.5, 0.6) is 0 Å². The van der Waals surface area contributed by atoms with E-state index in [0.29, 0.717) is 0 Å². The summed E-state index contributed by atoms with van der Waals surface area (Å²) in [4.78, 5) is 27.0. The third-order valence-corrected chi connectivity index (χ3v) is 4.01. The Bertz CT molecular complexity index is 438. The van der Waals surface area contributed by atoms with E-state index in [-0.39, 0.29) is 6.03 Å². The molecule has 1 aromatic rings. The predicted octanol–water partition coefficient (Wildman–Crippen LogP) is 1.20. The van der Waals surface area contributed by atoms with Gasteiger partial charge in [0.15, 0.2) is 0 Å². The summed E-state index contributed by atoms with van der Waals surface area (Å²) in [6.45, 7) is 4.97. The smallest absolute Gasteiger partial charge is 0.320 e. The van der Waals surface area contributed by atoms with Crippen LogP contribution in [0.1, 0.15) is 19.3 Å². The van der Waals surface area contributed by atoms with Crippen LogP contribution in [0.2, 0.25) is 0 Å². The molecule has 1 aromatic heterocycles. The Labute approximate surface area is 119 Å². The summed E-state index contributed by atoms with van der Waals surface area (Å²) in [6, 6.07) is 2.03. The number of piperazine rings is 1. The molecule has 108 valence electrons. The van der Waals surface area contributed by atoms with E-state index in [0.717, 1.165) is 58.1 Å². The number of carbonyl (C=O) groups excluding carboxylic acids is 1. The van der Waals surface area contributed by atoms with Gasteiger partial charge >= 0.3 is 6.03 Å². The first-order valence-electron chi connectivity index (χ1n) is 7.40.